The van der Waals surface area contributed by atoms with Crippen LogP contribution < -0.4 is 10.7 Å². The predicted octanol–water partition coefficient (Wildman–Crippen LogP) is 3.73. The molecule has 152 valence electrons. The minimum Gasteiger partial charge on any atom is -0.465 e. The predicted molar refractivity (Wildman–Crippen MR) is 117 cm³/mol. The van der Waals surface area contributed by atoms with Crippen molar-refractivity contribution in [2.75, 3.05) is 6.54 Å². The van der Waals surface area contributed by atoms with Crippen molar-refractivity contribution in [3.8, 4) is 0 Å². The molecule has 6 nitrogen and oxygen atoms in total. The number of hydrogen-bond donors (Lipinski definition) is 2. The monoisotopic (exact) mass is 401 g/mol. The van der Waals surface area contributed by atoms with Gasteiger partial charge < -0.3 is 9.73 Å². The maximum absolute atomic E-state index is 12.9. The Kier molecular flexibility index (Phi) is 7.33. The van der Waals surface area contributed by atoms with Crippen LogP contribution >= 0.6 is 0 Å². The summed E-state index contributed by atoms with van der Waals surface area (Å²) in [4.78, 5) is 24.9. The third-order valence-electron chi connectivity index (χ3n) is 4.32. The van der Waals surface area contributed by atoms with Crippen LogP contribution in [-0.2, 0) is 9.59 Å². The summed E-state index contributed by atoms with van der Waals surface area (Å²) in [6.45, 7) is 1.66. The molecule has 0 radical (unpaired) electrons. The van der Waals surface area contributed by atoms with Gasteiger partial charge in [0.1, 0.15) is 5.76 Å². The number of amides is 2. The van der Waals surface area contributed by atoms with Gasteiger partial charge in [0.2, 0.25) is 5.91 Å². The summed E-state index contributed by atoms with van der Waals surface area (Å²) in [5.41, 5.74) is 4.94. The number of furan rings is 1. The van der Waals surface area contributed by atoms with Gasteiger partial charge in [-0.2, -0.15) is 5.10 Å². The molecule has 2 amide bonds. The average molecular weight is 401 g/mol. The number of benzene rings is 2. The van der Waals surface area contributed by atoms with E-state index in [4.69, 9.17) is 4.42 Å². The maximum atomic E-state index is 12.9. The van der Waals surface area contributed by atoms with Crippen LogP contribution in [-0.4, -0.2) is 24.6 Å². The Hall–Kier alpha value is -3.93. The summed E-state index contributed by atoms with van der Waals surface area (Å²) < 4.78 is 5.22. The summed E-state index contributed by atoms with van der Waals surface area (Å²) >= 11 is 0. The maximum Gasteiger partial charge on any atom is 0.259 e. The lowest BCUT2D eigenvalue weighted by Crippen LogP contribution is -2.37. The number of carbonyl (C=O) groups is 2. The molecule has 0 spiro atoms. The van der Waals surface area contributed by atoms with Crippen LogP contribution in [0.25, 0.3) is 6.08 Å². The fourth-order valence-electron chi connectivity index (χ4n) is 2.94. The van der Waals surface area contributed by atoms with E-state index >= 15 is 0 Å². The Morgan fingerprint density at radius 2 is 1.60 bits per heavy atom. The first-order valence-electron chi connectivity index (χ1n) is 9.55. The quantitative estimate of drug-likeness (QED) is 0.446. The standard InChI is InChI=1S/C24H23N3O3/c1-18(15-21-13-8-14-30-21)16-26-27-22(28)17-25-24(29)23(19-9-4-2-5-10-19)20-11-6-3-7-12-20/h2-16,23H,17H2,1H3,(H,25,29)(H,27,28)/b18-15-,26-16?. The van der Waals surface area contributed by atoms with Crippen molar-refractivity contribution < 1.29 is 14.0 Å². The van der Waals surface area contributed by atoms with E-state index in [9.17, 15) is 9.59 Å². The summed E-state index contributed by atoms with van der Waals surface area (Å²) in [7, 11) is 0. The van der Waals surface area contributed by atoms with Crippen molar-refractivity contribution in [2.24, 2.45) is 5.10 Å². The van der Waals surface area contributed by atoms with Crippen LogP contribution in [0.1, 0.15) is 29.7 Å². The normalized spacial score (nSPS) is 11.6. The second-order valence-electron chi connectivity index (χ2n) is 6.67. The van der Waals surface area contributed by atoms with Crippen molar-refractivity contribution in [3.05, 3.63) is 102 Å². The lowest BCUT2D eigenvalue weighted by atomic mass is 9.90. The van der Waals surface area contributed by atoms with Gasteiger partial charge in [-0.15, -0.1) is 0 Å². The highest BCUT2D eigenvalue weighted by Crippen LogP contribution is 2.24. The second-order valence-corrected chi connectivity index (χ2v) is 6.67. The molecule has 1 heterocycles. The Morgan fingerprint density at radius 3 is 2.17 bits per heavy atom. The van der Waals surface area contributed by atoms with Gasteiger partial charge in [0, 0.05) is 0 Å². The zero-order valence-electron chi connectivity index (χ0n) is 16.6. The fraction of sp³-hybridized carbons (Fsp3) is 0.125. The van der Waals surface area contributed by atoms with Crippen LogP contribution in [0.15, 0.2) is 94.2 Å². The van der Waals surface area contributed by atoms with E-state index in [1.807, 2.05) is 73.7 Å². The van der Waals surface area contributed by atoms with Crippen molar-refractivity contribution in [1.29, 1.82) is 0 Å². The molecule has 2 aromatic carbocycles. The lowest BCUT2D eigenvalue weighted by molar-refractivity contribution is -0.126. The molecule has 3 aromatic rings. The lowest BCUT2D eigenvalue weighted by Gasteiger charge is -2.17. The average Bonchev–Trinajstić information content (AvgIpc) is 3.27. The molecule has 0 unspecified atom stereocenters. The summed E-state index contributed by atoms with van der Waals surface area (Å²) in [6, 6.07) is 22.6. The van der Waals surface area contributed by atoms with Gasteiger partial charge in [-0.25, -0.2) is 5.43 Å². The highest BCUT2D eigenvalue weighted by atomic mass is 16.3. The van der Waals surface area contributed by atoms with Crippen LogP contribution in [0, 0.1) is 0 Å². The molecular formula is C24H23N3O3. The molecule has 0 bridgehead atoms. The van der Waals surface area contributed by atoms with Gasteiger partial charge in [0.25, 0.3) is 5.91 Å². The third kappa shape index (κ3) is 6.04. The number of hydrogen-bond acceptors (Lipinski definition) is 4. The first-order chi connectivity index (χ1) is 14.6. The minimum atomic E-state index is -0.498. The summed E-state index contributed by atoms with van der Waals surface area (Å²) in [5.74, 6) is -0.460. The topological polar surface area (TPSA) is 83.7 Å². The molecule has 6 heteroatoms. The Morgan fingerprint density at radius 1 is 0.967 bits per heavy atom. The number of nitrogens with one attached hydrogen (secondary N) is 2. The first kappa shape index (κ1) is 20.8. The SMILES string of the molecule is C/C(C=NNC(=O)CNC(=O)C(c1ccccc1)c1ccccc1)=C/c1ccco1. The number of allylic oxidation sites excluding steroid dienone is 1. The molecule has 0 aliphatic rings. The van der Waals surface area contributed by atoms with Crippen LogP contribution in [0.2, 0.25) is 0 Å². The molecule has 3 rings (SSSR count). The molecule has 0 atom stereocenters. The molecule has 0 fully saturated rings. The van der Waals surface area contributed by atoms with Gasteiger partial charge >= 0.3 is 0 Å². The van der Waals surface area contributed by atoms with Crippen LogP contribution in [0.3, 0.4) is 0 Å². The highest BCUT2D eigenvalue weighted by molar-refractivity contribution is 5.91. The van der Waals surface area contributed by atoms with E-state index < -0.39 is 11.8 Å². The Labute approximate surface area is 175 Å². The molecule has 2 N–H and O–H groups in total. The van der Waals surface area contributed by atoms with E-state index in [0.717, 1.165) is 16.7 Å². The Balaban J connectivity index is 1.57. The molecular weight excluding hydrogens is 378 g/mol. The highest BCUT2D eigenvalue weighted by Gasteiger charge is 2.22. The van der Waals surface area contributed by atoms with Gasteiger partial charge in [-0.05, 0) is 41.8 Å². The van der Waals surface area contributed by atoms with E-state index in [2.05, 4.69) is 15.8 Å². The smallest absolute Gasteiger partial charge is 0.259 e. The number of nitrogens with zero attached hydrogens (tertiary/aromatic N) is 1. The van der Waals surface area contributed by atoms with Crippen LogP contribution in [0.5, 0.6) is 0 Å². The van der Waals surface area contributed by atoms with Crippen molar-refractivity contribution in [1.82, 2.24) is 10.7 Å². The third-order valence-corrected chi connectivity index (χ3v) is 4.32. The Bertz CT molecular complexity index is 971. The van der Waals surface area contributed by atoms with Gasteiger partial charge in [0.15, 0.2) is 0 Å². The largest absolute Gasteiger partial charge is 0.465 e. The first-order valence-corrected chi connectivity index (χ1v) is 9.55. The molecule has 30 heavy (non-hydrogen) atoms. The van der Waals surface area contributed by atoms with E-state index in [-0.39, 0.29) is 12.5 Å². The summed E-state index contributed by atoms with van der Waals surface area (Å²) in [6.07, 6.45) is 4.89. The van der Waals surface area contributed by atoms with Crippen LogP contribution in [0.4, 0.5) is 0 Å². The van der Waals surface area contributed by atoms with Gasteiger partial charge in [-0.3, -0.25) is 9.59 Å². The fourth-order valence-corrected chi connectivity index (χ4v) is 2.94. The van der Waals surface area contributed by atoms with Gasteiger partial charge in [-0.1, -0.05) is 60.7 Å². The van der Waals surface area contributed by atoms with E-state index in [1.54, 1.807) is 18.4 Å². The molecule has 0 saturated carbocycles. The molecule has 0 aliphatic carbocycles. The zero-order valence-corrected chi connectivity index (χ0v) is 16.6. The van der Waals surface area contributed by atoms with Gasteiger partial charge in [0.05, 0.1) is 24.9 Å². The van der Waals surface area contributed by atoms with E-state index in [1.165, 1.54) is 6.21 Å². The van der Waals surface area contributed by atoms with E-state index in [0.29, 0.717) is 5.76 Å². The number of hydrazone groups is 1. The zero-order chi connectivity index (χ0) is 21.2. The second kappa shape index (κ2) is 10.6. The molecule has 0 aliphatic heterocycles. The van der Waals surface area contributed by atoms with Crippen molar-refractivity contribution in [2.45, 2.75) is 12.8 Å². The number of carbonyl (C=O) groups excluding carboxylic acids is 2. The van der Waals surface area contributed by atoms with Crippen molar-refractivity contribution >= 4 is 24.1 Å². The minimum absolute atomic E-state index is 0.173. The molecule has 1 aromatic heterocycles. The van der Waals surface area contributed by atoms with Crippen molar-refractivity contribution in [3.63, 3.8) is 0 Å². The number of rotatable bonds is 8. The summed E-state index contributed by atoms with van der Waals surface area (Å²) in [5, 5.41) is 6.60. The molecule has 0 saturated heterocycles.